The molecule has 0 bridgehead atoms. The molecule has 0 aromatic rings. The van der Waals surface area contributed by atoms with Gasteiger partial charge < -0.3 is 0 Å². The Labute approximate surface area is 59.1 Å². The second kappa shape index (κ2) is 1.60. The number of hydrogen-bond donors (Lipinski definition) is 0. The lowest BCUT2D eigenvalue weighted by atomic mass is 10.1. The summed E-state index contributed by atoms with van der Waals surface area (Å²) < 4.78 is 1.17. The maximum atomic E-state index is 3.83. The molecule has 1 rings (SSSR count). The zero-order valence-corrected chi connectivity index (χ0v) is 6.96. The molecule has 1 atom stereocenters. The lowest BCUT2D eigenvalue weighted by Gasteiger charge is -1.97. The number of allylic oxidation sites excluding steroid dienone is 1. The van der Waals surface area contributed by atoms with Crippen molar-refractivity contribution in [2.75, 3.05) is 0 Å². The molecule has 0 aliphatic heterocycles. The Morgan fingerprint density at radius 1 is 1.75 bits per heavy atom. The van der Waals surface area contributed by atoms with Gasteiger partial charge in [-0.25, -0.2) is 0 Å². The topological polar surface area (TPSA) is 0 Å². The van der Waals surface area contributed by atoms with Gasteiger partial charge in [0.05, 0.1) is 0 Å². The lowest BCUT2D eigenvalue weighted by molar-refractivity contribution is 0.608. The fourth-order valence-corrected chi connectivity index (χ4v) is 1.78. The molecule has 1 saturated carbocycles. The molecule has 0 saturated heterocycles. The van der Waals surface area contributed by atoms with Crippen LogP contribution < -0.4 is 0 Å². The zero-order valence-electron chi connectivity index (χ0n) is 5.37. The Balaban J connectivity index is 2.48. The minimum absolute atomic E-state index is 0.542. The Morgan fingerprint density at radius 3 is 2.12 bits per heavy atom. The first-order chi connectivity index (χ1) is 3.54. The number of rotatable bonds is 1. The van der Waals surface area contributed by atoms with E-state index in [1.807, 2.05) is 0 Å². The van der Waals surface area contributed by atoms with Crippen molar-refractivity contribution < 1.29 is 0 Å². The highest BCUT2D eigenvalue weighted by atomic mass is 79.9. The molecule has 1 heteroatoms. The Bertz CT molecular complexity index is 124. The Kier molecular flexibility index (Phi) is 1.27. The molecule has 0 nitrogen and oxygen atoms in total. The average molecular weight is 175 g/mol. The summed E-state index contributed by atoms with van der Waals surface area (Å²) in [5, 5.41) is 0. The number of halogens is 1. The average Bonchev–Trinajstić information content (AvgIpc) is 2.13. The molecular weight excluding hydrogens is 164 g/mol. The highest BCUT2D eigenvalue weighted by Gasteiger charge is 2.46. The first-order valence-electron chi connectivity index (χ1n) is 2.88. The smallest absolute Gasteiger partial charge is 0.00448 e. The van der Waals surface area contributed by atoms with Gasteiger partial charge in [0.15, 0.2) is 0 Å². The summed E-state index contributed by atoms with van der Waals surface area (Å²) in [6, 6.07) is 0. The van der Waals surface area contributed by atoms with Crippen molar-refractivity contribution in [1.82, 2.24) is 0 Å². The lowest BCUT2D eigenvalue weighted by Crippen LogP contribution is -1.87. The third-order valence-corrected chi connectivity index (χ3v) is 2.44. The minimum atomic E-state index is 0.542. The second-order valence-electron chi connectivity index (χ2n) is 3.19. The van der Waals surface area contributed by atoms with Gasteiger partial charge in [0.2, 0.25) is 0 Å². The van der Waals surface area contributed by atoms with Crippen LogP contribution in [0.25, 0.3) is 0 Å². The van der Waals surface area contributed by atoms with Crippen LogP contribution in [0.3, 0.4) is 0 Å². The predicted octanol–water partition coefficient (Wildman–Crippen LogP) is 2.94. The van der Waals surface area contributed by atoms with Gasteiger partial charge in [-0.15, -0.1) is 0 Å². The molecule has 8 heavy (non-hydrogen) atoms. The molecule has 46 valence electrons. The second-order valence-corrected chi connectivity index (χ2v) is 4.21. The van der Waals surface area contributed by atoms with Crippen LogP contribution in [0.2, 0.25) is 0 Å². The molecule has 0 aromatic carbocycles. The van der Waals surface area contributed by atoms with Crippen LogP contribution in [0.4, 0.5) is 0 Å². The van der Waals surface area contributed by atoms with Crippen LogP contribution in [0.15, 0.2) is 11.1 Å². The van der Waals surface area contributed by atoms with Crippen molar-refractivity contribution in [2.24, 2.45) is 11.3 Å². The summed E-state index contributed by atoms with van der Waals surface area (Å²) in [5.41, 5.74) is 0.542. The van der Waals surface area contributed by atoms with E-state index in [9.17, 15) is 0 Å². The molecule has 0 aromatic heterocycles. The van der Waals surface area contributed by atoms with E-state index in [0.717, 1.165) is 5.92 Å². The summed E-state index contributed by atoms with van der Waals surface area (Å²) >= 11 is 3.38. The van der Waals surface area contributed by atoms with E-state index in [-0.39, 0.29) is 0 Å². The standard InChI is InChI=1S/C7H11Br/c1-5(8)6-4-7(6,2)3/h6H,1,4H2,2-3H3. The van der Waals surface area contributed by atoms with E-state index in [2.05, 4.69) is 36.4 Å². The SMILES string of the molecule is C=C(Br)C1CC1(C)C. The van der Waals surface area contributed by atoms with Crippen molar-refractivity contribution in [3.05, 3.63) is 11.1 Å². The summed E-state index contributed by atoms with van der Waals surface area (Å²) in [6.07, 6.45) is 1.30. The van der Waals surface area contributed by atoms with Crippen molar-refractivity contribution >= 4 is 15.9 Å². The monoisotopic (exact) mass is 174 g/mol. The molecule has 0 radical (unpaired) electrons. The van der Waals surface area contributed by atoms with Gasteiger partial charge in [0, 0.05) is 0 Å². The summed E-state index contributed by atoms with van der Waals surface area (Å²) in [4.78, 5) is 0. The first-order valence-corrected chi connectivity index (χ1v) is 3.67. The van der Waals surface area contributed by atoms with Crippen LogP contribution in [-0.4, -0.2) is 0 Å². The van der Waals surface area contributed by atoms with Crippen molar-refractivity contribution in [3.63, 3.8) is 0 Å². The van der Waals surface area contributed by atoms with Crippen LogP contribution in [0, 0.1) is 11.3 Å². The van der Waals surface area contributed by atoms with Crippen molar-refractivity contribution in [3.8, 4) is 0 Å². The molecule has 1 aliphatic rings. The van der Waals surface area contributed by atoms with Crippen molar-refractivity contribution in [2.45, 2.75) is 20.3 Å². The summed E-state index contributed by atoms with van der Waals surface area (Å²) in [6.45, 7) is 8.37. The fraction of sp³-hybridized carbons (Fsp3) is 0.714. The fourth-order valence-electron chi connectivity index (χ4n) is 1.00. The summed E-state index contributed by atoms with van der Waals surface area (Å²) in [7, 11) is 0. The molecule has 1 aliphatic carbocycles. The number of hydrogen-bond acceptors (Lipinski definition) is 0. The van der Waals surface area contributed by atoms with Gasteiger partial charge in [-0.2, -0.15) is 0 Å². The van der Waals surface area contributed by atoms with Gasteiger partial charge >= 0.3 is 0 Å². The highest BCUT2D eigenvalue weighted by molar-refractivity contribution is 9.11. The van der Waals surface area contributed by atoms with Crippen LogP contribution in [0.1, 0.15) is 20.3 Å². The van der Waals surface area contributed by atoms with E-state index < -0.39 is 0 Å². The molecular formula is C7H11Br. The van der Waals surface area contributed by atoms with E-state index >= 15 is 0 Å². The van der Waals surface area contributed by atoms with Crippen molar-refractivity contribution in [1.29, 1.82) is 0 Å². The molecule has 0 N–H and O–H groups in total. The van der Waals surface area contributed by atoms with Crippen LogP contribution in [-0.2, 0) is 0 Å². The van der Waals surface area contributed by atoms with Gasteiger partial charge in [0.25, 0.3) is 0 Å². The molecule has 0 amide bonds. The maximum Gasteiger partial charge on any atom is -0.00448 e. The van der Waals surface area contributed by atoms with E-state index in [4.69, 9.17) is 0 Å². The quantitative estimate of drug-likeness (QED) is 0.574. The van der Waals surface area contributed by atoms with E-state index in [0.29, 0.717) is 5.41 Å². The summed E-state index contributed by atoms with van der Waals surface area (Å²) in [5.74, 6) is 0.738. The molecule has 0 heterocycles. The van der Waals surface area contributed by atoms with Crippen LogP contribution >= 0.6 is 15.9 Å². The largest absolute Gasteiger partial charge is 0.0886 e. The minimum Gasteiger partial charge on any atom is -0.0886 e. The molecule has 1 unspecified atom stereocenters. The Hall–Kier alpha value is 0.220. The normalized spacial score (nSPS) is 32.1. The third-order valence-electron chi connectivity index (χ3n) is 1.89. The zero-order chi connectivity index (χ0) is 6.36. The maximum absolute atomic E-state index is 3.83. The first kappa shape index (κ1) is 6.34. The predicted molar refractivity (Wildman–Crippen MR) is 40.0 cm³/mol. The van der Waals surface area contributed by atoms with E-state index in [1.165, 1.54) is 10.9 Å². The molecule has 0 spiro atoms. The molecule has 1 fully saturated rings. The van der Waals surface area contributed by atoms with Gasteiger partial charge in [-0.1, -0.05) is 36.4 Å². The van der Waals surface area contributed by atoms with Crippen LogP contribution in [0.5, 0.6) is 0 Å². The highest BCUT2D eigenvalue weighted by Crippen LogP contribution is 2.56. The Morgan fingerprint density at radius 2 is 2.12 bits per heavy atom. The van der Waals surface area contributed by atoms with Gasteiger partial charge in [-0.05, 0) is 22.2 Å². The van der Waals surface area contributed by atoms with Gasteiger partial charge in [-0.3, -0.25) is 0 Å². The van der Waals surface area contributed by atoms with Gasteiger partial charge in [0.1, 0.15) is 0 Å². The van der Waals surface area contributed by atoms with E-state index in [1.54, 1.807) is 0 Å². The third kappa shape index (κ3) is 0.970.